The van der Waals surface area contributed by atoms with Crippen LogP contribution in [-0.2, 0) is 17.9 Å². The highest BCUT2D eigenvalue weighted by molar-refractivity contribution is 8.04. The van der Waals surface area contributed by atoms with Crippen LogP contribution in [0.25, 0.3) is 0 Å². The summed E-state index contributed by atoms with van der Waals surface area (Å²) in [4.78, 5) is 17.7. The molecule has 2 heterocycles. The molecule has 1 aliphatic heterocycles. The molecule has 1 fully saturated rings. The van der Waals surface area contributed by atoms with Crippen molar-refractivity contribution in [1.29, 1.82) is 0 Å². The fourth-order valence-electron chi connectivity index (χ4n) is 4.04. The maximum absolute atomic E-state index is 12.7. The molecule has 29 heavy (non-hydrogen) atoms. The third-order valence-electron chi connectivity index (χ3n) is 5.70. The molecule has 148 valence electrons. The van der Waals surface area contributed by atoms with Crippen molar-refractivity contribution in [2.45, 2.75) is 19.6 Å². The van der Waals surface area contributed by atoms with Crippen molar-refractivity contribution in [3.8, 4) is 11.5 Å². The number of amides is 1. The summed E-state index contributed by atoms with van der Waals surface area (Å²) in [5.41, 5.74) is 4.71. The van der Waals surface area contributed by atoms with E-state index in [1.807, 2.05) is 30.3 Å². The number of allylic oxidation sites excluding steroid dienone is 3. The number of pyridine rings is 1. The van der Waals surface area contributed by atoms with Crippen LogP contribution >= 0.6 is 11.8 Å². The van der Waals surface area contributed by atoms with Gasteiger partial charge in [-0.25, -0.2) is 0 Å². The molecular formula is C23H22N2O3S. The van der Waals surface area contributed by atoms with Crippen LogP contribution in [0.2, 0.25) is 0 Å². The molecule has 3 aliphatic rings. The summed E-state index contributed by atoms with van der Waals surface area (Å²) in [6, 6.07) is 9.55. The third kappa shape index (κ3) is 3.65. The van der Waals surface area contributed by atoms with Gasteiger partial charge in [0.25, 0.3) is 5.91 Å². The first-order valence-corrected chi connectivity index (χ1v) is 10.8. The van der Waals surface area contributed by atoms with E-state index >= 15 is 0 Å². The highest BCUT2D eigenvalue weighted by Gasteiger charge is 2.48. The SMILES string of the molecule is COc1cc(OCc2cccnc2)ccc1CNC(=O)C1=C2C=C3CC3C2CS1. The lowest BCUT2D eigenvalue weighted by Gasteiger charge is -2.13. The molecular weight excluding hydrogens is 384 g/mol. The van der Waals surface area contributed by atoms with Gasteiger partial charge in [0.1, 0.15) is 18.1 Å². The van der Waals surface area contributed by atoms with E-state index in [1.54, 1.807) is 31.3 Å². The number of carbonyl (C=O) groups is 1. The van der Waals surface area contributed by atoms with Crippen LogP contribution in [0.15, 0.2) is 64.9 Å². The van der Waals surface area contributed by atoms with Crippen LogP contribution in [0.4, 0.5) is 0 Å². The molecule has 2 atom stereocenters. The summed E-state index contributed by atoms with van der Waals surface area (Å²) >= 11 is 1.69. The second-order valence-corrected chi connectivity index (χ2v) is 8.57. The number of nitrogens with zero attached hydrogens (tertiary/aromatic N) is 1. The standard InChI is InChI=1S/C23H22N2O3S/c1-27-21-9-17(28-12-14-3-2-6-24-10-14)5-4-15(21)11-25-23(26)22-19-8-16-7-18(16)20(19)13-29-22/h2-6,8-10,18,20H,7,11-13H2,1H3,(H,25,26). The Hall–Kier alpha value is -2.73. The van der Waals surface area contributed by atoms with Gasteiger partial charge in [-0.15, -0.1) is 11.8 Å². The van der Waals surface area contributed by atoms with Crippen molar-refractivity contribution < 1.29 is 14.3 Å². The Morgan fingerprint density at radius 1 is 1.31 bits per heavy atom. The smallest absolute Gasteiger partial charge is 0.258 e. The van der Waals surface area contributed by atoms with Gasteiger partial charge in [-0.1, -0.05) is 17.7 Å². The maximum Gasteiger partial charge on any atom is 0.258 e. The van der Waals surface area contributed by atoms with Gasteiger partial charge in [0.05, 0.1) is 12.0 Å². The Kier molecular flexibility index (Phi) is 4.79. The number of benzene rings is 1. The second kappa shape index (κ2) is 7.59. The number of carbonyl (C=O) groups excluding carboxylic acids is 1. The van der Waals surface area contributed by atoms with Crippen LogP contribution in [0, 0.1) is 11.8 Å². The molecule has 1 aromatic heterocycles. The molecule has 0 spiro atoms. The quantitative estimate of drug-likeness (QED) is 0.757. The Balaban J connectivity index is 1.22. The van der Waals surface area contributed by atoms with Crippen LogP contribution in [0.1, 0.15) is 17.5 Å². The van der Waals surface area contributed by atoms with Crippen LogP contribution in [0.3, 0.4) is 0 Å². The van der Waals surface area contributed by atoms with Crippen molar-refractivity contribution in [3.63, 3.8) is 0 Å². The van der Waals surface area contributed by atoms with E-state index in [-0.39, 0.29) is 5.91 Å². The number of thioether (sulfide) groups is 1. The van der Waals surface area contributed by atoms with Gasteiger partial charge < -0.3 is 14.8 Å². The molecule has 1 N–H and O–H groups in total. The molecule has 0 bridgehead atoms. The molecule has 2 unspecified atom stereocenters. The fourth-order valence-corrected chi connectivity index (χ4v) is 5.38. The zero-order valence-electron chi connectivity index (χ0n) is 16.2. The van der Waals surface area contributed by atoms with Crippen LogP contribution < -0.4 is 14.8 Å². The van der Waals surface area contributed by atoms with E-state index < -0.39 is 0 Å². The van der Waals surface area contributed by atoms with E-state index in [0.29, 0.717) is 24.8 Å². The summed E-state index contributed by atoms with van der Waals surface area (Å²) < 4.78 is 11.3. The van der Waals surface area contributed by atoms with E-state index in [9.17, 15) is 4.79 Å². The normalized spacial score (nSPS) is 21.3. The number of nitrogens with one attached hydrogen (secondary N) is 1. The van der Waals surface area contributed by atoms with Crippen molar-refractivity contribution in [2.24, 2.45) is 11.8 Å². The van der Waals surface area contributed by atoms with E-state index in [4.69, 9.17) is 9.47 Å². The summed E-state index contributed by atoms with van der Waals surface area (Å²) in [7, 11) is 1.63. The molecule has 0 radical (unpaired) electrons. The van der Waals surface area contributed by atoms with Gasteiger partial charge in [0, 0.05) is 47.8 Å². The van der Waals surface area contributed by atoms with Crippen molar-refractivity contribution in [3.05, 3.63) is 76.0 Å². The zero-order chi connectivity index (χ0) is 19.8. The third-order valence-corrected chi connectivity index (χ3v) is 6.94. The average molecular weight is 407 g/mol. The van der Waals surface area contributed by atoms with E-state index in [0.717, 1.165) is 33.5 Å². The van der Waals surface area contributed by atoms with E-state index in [1.165, 1.54) is 17.6 Å². The van der Waals surface area contributed by atoms with Crippen molar-refractivity contribution >= 4 is 17.7 Å². The molecule has 2 aliphatic carbocycles. The largest absolute Gasteiger partial charge is 0.496 e. The van der Waals surface area contributed by atoms with Gasteiger partial charge in [-0.05, 0) is 36.1 Å². The van der Waals surface area contributed by atoms with Gasteiger partial charge in [-0.3, -0.25) is 9.78 Å². The molecule has 2 aromatic rings. The number of hydrogen-bond donors (Lipinski definition) is 1. The highest BCUT2D eigenvalue weighted by atomic mass is 32.2. The summed E-state index contributed by atoms with van der Waals surface area (Å²) in [5, 5.41) is 3.06. The average Bonchev–Trinajstić information content (AvgIpc) is 3.24. The molecule has 5 rings (SSSR count). The minimum Gasteiger partial charge on any atom is -0.496 e. The monoisotopic (exact) mass is 406 g/mol. The van der Waals surface area contributed by atoms with E-state index in [2.05, 4.69) is 16.4 Å². The molecule has 1 amide bonds. The Morgan fingerprint density at radius 2 is 2.24 bits per heavy atom. The minimum atomic E-state index is 0.0182. The first-order chi connectivity index (χ1) is 14.2. The minimum absolute atomic E-state index is 0.0182. The number of aromatic nitrogens is 1. The number of fused-ring (bicyclic) bond motifs is 3. The number of methoxy groups -OCH3 is 1. The second-order valence-electron chi connectivity index (χ2n) is 7.54. The predicted molar refractivity (Wildman–Crippen MR) is 113 cm³/mol. The summed E-state index contributed by atoms with van der Waals surface area (Å²) in [6.45, 7) is 0.867. The summed E-state index contributed by atoms with van der Waals surface area (Å²) in [6.07, 6.45) is 7.00. The first kappa shape index (κ1) is 18.3. The Bertz CT molecular complexity index is 1020. The van der Waals surface area contributed by atoms with Gasteiger partial charge in [0.15, 0.2) is 0 Å². The topological polar surface area (TPSA) is 60.5 Å². The van der Waals surface area contributed by atoms with Crippen LogP contribution in [-0.4, -0.2) is 23.8 Å². The number of rotatable bonds is 7. The molecule has 1 saturated carbocycles. The molecule has 0 saturated heterocycles. The number of hydrogen-bond acceptors (Lipinski definition) is 5. The zero-order valence-corrected chi connectivity index (χ0v) is 17.0. The van der Waals surface area contributed by atoms with Crippen molar-refractivity contribution in [1.82, 2.24) is 10.3 Å². The summed E-state index contributed by atoms with van der Waals surface area (Å²) in [5.74, 6) is 3.77. The molecule has 6 heteroatoms. The Morgan fingerprint density at radius 3 is 3.07 bits per heavy atom. The lowest BCUT2D eigenvalue weighted by atomic mass is 10.00. The number of ether oxygens (including phenoxy) is 2. The van der Waals surface area contributed by atoms with Gasteiger partial charge >= 0.3 is 0 Å². The maximum atomic E-state index is 12.7. The van der Waals surface area contributed by atoms with Crippen molar-refractivity contribution in [2.75, 3.05) is 12.9 Å². The van der Waals surface area contributed by atoms with Crippen LogP contribution in [0.5, 0.6) is 11.5 Å². The molecule has 1 aromatic carbocycles. The first-order valence-electron chi connectivity index (χ1n) is 9.77. The lowest BCUT2D eigenvalue weighted by molar-refractivity contribution is -0.117. The van der Waals surface area contributed by atoms with Gasteiger partial charge in [0.2, 0.25) is 0 Å². The predicted octanol–water partition coefficient (Wildman–Crippen LogP) is 3.86. The fraction of sp³-hybridized carbons (Fsp3) is 0.304. The highest BCUT2D eigenvalue weighted by Crippen LogP contribution is 2.58. The molecule has 5 nitrogen and oxygen atoms in total. The van der Waals surface area contributed by atoms with Gasteiger partial charge in [-0.2, -0.15) is 0 Å². The Labute approximate surface area is 174 Å². The lowest BCUT2D eigenvalue weighted by Crippen LogP contribution is -2.24.